The summed E-state index contributed by atoms with van der Waals surface area (Å²) < 4.78 is 5.66. The van der Waals surface area contributed by atoms with Crippen molar-refractivity contribution in [2.45, 2.75) is 135 Å². The van der Waals surface area contributed by atoms with Gasteiger partial charge in [-0.05, 0) is 32.2 Å². The lowest BCUT2D eigenvalue weighted by Crippen LogP contribution is -2.36. The average Bonchev–Trinajstić information content (AvgIpc) is 2.81. The van der Waals surface area contributed by atoms with E-state index in [2.05, 4.69) is 19.2 Å². The maximum atomic E-state index is 12.6. The zero-order chi connectivity index (χ0) is 23.7. The molecule has 32 heavy (non-hydrogen) atoms. The molecule has 0 saturated carbocycles. The van der Waals surface area contributed by atoms with Gasteiger partial charge in [-0.15, -0.1) is 0 Å². The smallest absolute Gasteiger partial charge is 0.308 e. The average molecular weight is 458 g/mol. The van der Waals surface area contributed by atoms with Crippen molar-refractivity contribution >= 4 is 5.97 Å². The Kier molecular flexibility index (Phi) is 24.5. The van der Waals surface area contributed by atoms with Crippen LogP contribution in [-0.2, 0) is 9.53 Å². The second-order valence-electron chi connectivity index (χ2n) is 9.41. The van der Waals surface area contributed by atoms with Crippen LogP contribution in [-0.4, -0.2) is 48.6 Å². The Morgan fingerprint density at radius 3 is 1.72 bits per heavy atom. The number of rotatable bonds is 25. The van der Waals surface area contributed by atoms with E-state index < -0.39 is 0 Å². The highest BCUT2D eigenvalue weighted by atomic mass is 16.5. The Bertz CT molecular complexity index is 388. The van der Waals surface area contributed by atoms with E-state index in [1.165, 1.54) is 64.2 Å². The molecule has 0 saturated heterocycles. The molecule has 0 spiro atoms. The van der Waals surface area contributed by atoms with Gasteiger partial charge in [0.15, 0.2) is 0 Å². The summed E-state index contributed by atoms with van der Waals surface area (Å²) >= 11 is 0. The Labute approximate surface area is 199 Å². The normalized spacial score (nSPS) is 12.4. The molecule has 5 nitrogen and oxygen atoms in total. The molecule has 0 aromatic heterocycles. The van der Waals surface area contributed by atoms with Gasteiger partial charge in [0.05, 0.1) is 31.8 Å². The van der Waals surface area contributed by atoms with E-state index in [4.69, 9.17) is 14.9 Å². The number of carbonyl (C=O) groups excluding carboxylic acids is 1. The number of aliphatic hydroxyl groups excluding tert-OH is 2. The fourth-order valence-electron chi connectivity index (χ4n) is 4.09. The minimum absolute atomic E-state index is 0.0201. The van der Waals surface area contributed by atoms with Crippen molar-refractivity contribution in [2.75, 3.05) is 26.4 Å². The molecule has 0 aliphatic heterocycles. The quantitative estimate of drug-likeness (QED) is 0.113. The first kappa shape index (κ1) is 31.4. The molecule has 1 unspecified atom stereocenters. The van der Waals surface area contributed by atoms with E-state index in [9.17, 15) is 4.79 Å². The number of carbonyl (C=O) groups is 1. The van der Waals surface area contributed by atoms with Crippen molar-refractivity contribution in [2.24, 2.45) is 5.92 Å². The maximum absolute atomic E-state index is 12.6. The van der Waals surface area contributed by atoms with Crippen LogP contribution in [0.15, 0.2) is 0 Å². The summed E-state index contributed by atoms with van der Waals surface area (Å²) in [6, 6.07) is -0.193. The summed E-state index contributed by atoms with van der Waals surface area (Å²) in [7, 11) is 0. The number of ether oxygens (including phenoxy) is 1. The van der Waals surface area contributed by atoms with Gasteiger partial charge in [-0.25, -0.2) is 0 Å². The SMILES string of the molecule is CCCCCCCCC(CCCCCC)C(=O)OCCCCCCCCNC(CO)CO. The molecule has 5 heteroatoms. The van der Waals surface area contributed by atoms with Gasteiger partial charge in [0, 0.05) is 0 Å². The minimum atomic E-state index is -0.193. The van der Waals surface area contributed by atoms with Gasteiger partial charge < -0.3 is 20.3 Å². The lowest BCUT2D eigenvalue weighted by Gasteiger charge is -2.16. The van der Waals surface area contributed by atoms with E-state index in [0.29, 0.717) is 6.61 Å². The summed E-state index contributed by atoms with van der Waals surface area (Å²) in [4.78, 5) is 12.6. The molecular formula is C27H55NO4. The Balaban J connectivity index is 3.86. The van der Waals surface area contributed by atoms with Gasteiger partial charge in [-0.3, -0.25) is 4.79 Å². The van der Waals surface area contributed by atoms with Crippen molar-refractivity contribution in [3.05, 3.63) is 0 Å². The highest BCUT2D eigenvalue weighted by Gasteiger charge is 2.19. The number of unbranched alkanes of at least 4 members (excludes halogenated alkanes) is 13. The van der Waals surface area contributed by atoms with E-state index >= 15 is 0 Å². The number of hydrogen-bond donors (Lipinski definition) is 3. The van der Waals surface area contributed by atoms with Gasteiger partial charge in [-0.2, -0.15) is 0 Å². The van der Waals surface area contributed by atoms with Crippen LogP contribution in [0.5, 0.6) is 0 Å². The standard InChI is InChI=1S/C27H55NO4/c1-3-5-7-9-12-16-20-25(19-15-8-6-4-2)27(31)32-22-18-14-11-10-13-17-21-28-26(23-29)24-30/h25-26,28-30H,3-24H2,1-2H3. The first-order chi connectivity index (χ1) is 15.7. The Hall–Kier alpha value is -0.650. The molecule has 0 radical (unpaired) electrons. The molecule has 0 fully saturated rings. The third-order valence-corrected chi connectivity index (χ3v) is 6.33. The minimum Gasteiger partial charge on any atom is -0.465 e. The highest BCUT2D eigenvalue weighted by molar-refractivity contribution is 5.72. The van der Waals surface area contributed by atoms with Crippen molar-refractivity contribution in [3.8, 4) is 0 Å². The van der Waals surface area contributed by atoms with E-state index in [0.717, 1.165) is 57.9 Å². The van der Waals surface area contributed by atoms with Crippen molar-refractivity contribution in [3.63, 3.8) is 0 Å². The number of aliphatic hydroxyl groups is 2. The zero-order valence-corrected chi connectivity index (χ0v) is 21.4. The number of nitrogens with one attached hydrogen (secondary N) is 1. The molecule has 0 amide bonds. The van der Waals surface area contributed by atoms with Gasteiger partial charge in [0.2, 0.25) is 0 Å². The summed E-state index contributed by atoms with van der Waals surface area (Å²) in [5.41, 5.74) is 0. The molecule has 0 aliphatic rings. The first-order valence-corrected chi connectivity index (χ1v) is 13.8. The maximum Gasteiger partial charge on any atom is 0.308 e. The predicted octanol–water partition coefficient (Wildman–Crippen LogP) is 6.15. The number of hydrogen-bond acceptors (Lipinski definition) is 5. The van der Waals surface area contributed by atoms with Crippen LogP contribution in [0.4, 0.5) is 0 Å². The Morgan fingerprint density at radius 1 is 0.688 bits per heavy atom. The summed E-state index contributed by atoms with van der Waals surface area (Å²) in [5.74, 6) is 0.149. The molecule has 0 rings (SSSR count). The van der Waals surface area contributed by atoms with Gasteiger partial charge in [-0.1, -0.05) is 104 Å². The molecule has 0 aromatic carbocycles. The molecule has 0 aromatic rings. The second-order valence-corrected chi connectivity index (χ2v) is 9.41. The van der Waals surface area contributed by atoms with Crippen LogP contribution >= 0.6 is 0 Å². The van der Waals surface area contributed by atoms with Crippen molar-refractivity contribution < 1.29 is 19.7 Å². The predicted molar refractivity (Wildman–Crippen MR) is 135 cm³/mol. The molecule has 0 bridgehead atoms. The Morgan fingerprint density at radius 2 is 1.16 bits per heavy atom. The summed E-state index contributed by atoms with van der Waals surface area (Å²) in [6.45, 7) is 5.83. The second kappa shape index (κ2) is 25.0. The first-order valence-electron chi connectivity index (χ1n) is 13.8. The van der Waals surface area contributed by atoms with Crippen LogP contribution in [0.1, 0.15) is 129 Å². The van der Waals surface area contributed by atoms with Crippen LogP contribution < -0.4 is 5.32 Å². The van der Waals surface area contributed by atoms with Crippen LogP contribution in [0.2, 0.25) is 0 Å². The van der Waals surface area contributed by atoms with E-state index in [1.807, 2.05) is 0 Å². The largest absolute Gasteiger partial charge is 0.465 e. The molecule has 0 aliphatic carbocycles. The van der Waals surface area contributed by atoms with E-state index in [1.54, 1.807) is 0 Å². The van der Waals surface area contributed by atoms with Crippen LogP contribution in [0.25, 0.3) is 0 Å². The van der Waals surface area contributed by atoms with Crippen LogP contribution in [0, 0.1) is 5.92 Å². The lowest BCUT2D eigenvalue weighted by atomic mass is 9.94. The summed E-state index contributed by atoms with van der Waals surface area (Å²) in [5, 5.41) is 21.2. The molecular weight excluding hydrogens is 402 g/mol. The summed E-state index contributed by atoms with van der Waals surface area (Å²) in [6.07, 6.45) is 21.1. The molecule has 192 valence electrons. The molecule has 3 N–H and O–H groups in total. The molecule has 0 heterocycles. The van der Waals surface area contributed by atoms with Gasteiger partial charge in [0.1, 0.15) is 0 Å². The van der Waals surface area contributed by atoms with Gasteiger partial charge in [0.25, 0.3) is 0 Å². The fourth-order valence-corrected chi connectivity index (χ4v) is 4.09. The highest BCUT2D eigenvalue weighted by Crippen LogP contribution is 2.20. The van der Waals surface area contributed by atoms with E-state index in [-0.39, 0.29) is 31.1 Å². The third kappa shape index (κ3) is 20.0. The fraction of sp³-hybridized carbons (Fsp3) is 0.963. The third-order valence-electron chi connectivity index (χ3n) is 6.33. The van der Waals surface area contributed by atoms with Crippen LogP contribution in [0.3, 0.4) is 0 Å². The zero-order valence-electron chi connectivity index (χ0n) is 21.4. The number of esters is 1. The lowest BCUT2D eigenvalue weighted by molar-refractivity contribution is -0.149. The van der Waals surface area contributed by atoms with Crippen molar-refractivity contribution in [1.82, 2.24) is 5.32 Å². The van der Waals surface area contributed by atoms with Crippen molar-refractivity contribution in [1.29, 1.82) is 0 Å². The topological polar surface area (TPSA) is 78.8 Å². The monoisotopic (exact) mass is 457 g/mol. The molecule has 1 atom stereocenters. The van der Waals surface area contributed by atoms with Gasteiger partial charge >= 0.3 is 5.97 Å².